The molecule has 1 aromatic heterocycles. The molecule has 2 aromatic rings. The number of carbonyl (C=O) groups is 2. The van der Waals surface area contributed by atoms with Crippen molar-refractivity contribution in [3.8, 4) is 0 Å². The molecule has 6 nitrogen and oxygen atoms in total. The minimum Gasteiger partial charge on any atom is -0.349 e. The topological polar surface area (TPSA) is 74.3 Å². The van der Waals surface area contributed by atoms with E-state index >= 15 is 0 Å². The lowest BCUT2D eigenvalue weighted by Crippen LogP contribution is -2.48. The number of amides is 2. The van der Waals surface area contributed by atoms with Crippen molar-refractivity contribution in [2.45, 2.75) is 56.9 Å². The Balaban J connectivity index is 0.00000180. The fourth-order valence-corrected chi connectivity index (χ4v) is 6.21. The lowest BCUT2D eigenvalue weighted by Gasteiger charge is -2.35. The predicted octanol–water partition coefficient (Wildman–Crippen LogP) is 5.50. The number of nitrogens with zero attached hydrogens (tertiary/aromatic N) is 2. The summed E-state index contributed by atoms with van der Waals surface area (Å²) in [5, 5.41) is 7.69. The number of nitrogens with one attached hydrogen (secondary N) is 2. The van der Waals surface area contributed by atoms with Gasteiger partial charge >= 0.3 is 0 Å². The van der Waals surface area contributed by atoms with Crippen LogP contribution in [0.2, 0.25) is 10.0 Å². The molecule has 10 heteroatoms. The maximum absolute atomic E-state index is 13.7. The zero-order valence-electron chi connectivity index (χ0n) is 20.2. The molecule has 0 atom stereocenters. The first-order valence-electron chi connectivity index (χ1n) is 12.1. The van der Waals surface area contributed by atoms with Crippen LogP contribution in [0, 0.1) is 12.8 Å². The van der Waals surface area contributed by atoms with Gasteiger partial charge in [-0.25, -0.2) is 0 Å². The smallest absolute Gasteiger partial charge is 0.253 e. The number of benzene rings is 1. The third-order valence-corrected chi connectivity index (χ3v) is 8.24. The molecule has 2 aliphatic heterocycles. The molecular formula is C26H32Cl4N4O2. The Morgan fingerprint density at radius 3 is 2.50 bits per heavy atom. The van der Waals surface area contributed by atoms with E-state index in [4.69, 9.17) is 23.2 Å². The normalized spacial score (nSPS) is 22.4. The van der Waals surface area contributed by atoms with Crippen LogP contribution in [0.4, 0.5) is 5.69 Å². The number of hydrogen-bond acceptors (Lipinski definition) is 4. The van der Waals surface area contributed by atoms with Crippen molar-refractivity contribution in [3.63, 3.8) is 0 Å². The third kappa shape index (κ3) is 5.48. The van der Waals surface area contributed by atoms with E-state index < -0.39 is 5.41 Å². The number of anilines is 1. The maximum atomic E-state index is 13.7. The lowest BCUT2D eigenvalue weighted by atomic mass is 9.74. The quantitative estimate of drug-likeness (QED) is 0.506. The number of hydrogen-bond donors (Lipinski definition) is 2. The molecule has 3 heterocycles. The summed E-state index contributed by atoms with van der Waals surface area (Å²) in [6.07, 6.45) is 6.91. The van der Waals surface area contributed by atoms with Crippen LogP contribution in [-0.4, -0.2) is 42.5 Å². The van der Waals surface area contributed by atoms with Gasteiger partial charge in [-0.05, 0) is 94.3 Å². The van der Waals surface area contributed by atoms with Crippen LogP contribution in [0.3, 0.4) is 0 Å². The standard InChI is InChI=1S/C26H30Cl2N4O2.2ClH/c1-16-21(12-19(28)14-30-16)24(33)31-20-5-2-17(3-6-20)15-32-23-7-4-18(27)13-22(23)26(25(32)34)8-10-29-11-9-26;;/h4,7,12-14,17,20,29H,2-3,5-6,8-11,15H2,1H3,(H,31,33);2*1H/t17-,20-;;. The Labute approximate surface area is 234 Å². The van der Waals surface area contributed by atoms with Gasteiger partial charge in [0.15, 0.2) is 0 Å². The molecule has 0 radical (unpaired) electrons. The average Bonchev–Trinajstić information content (AvgIpc) is 3.04. The van der Waals surface area contributed by atoms with Crippen molar-refractivity contribution in [2.75, 3.05) is 24.5 Å². The van der Waals surface area contributed by atoms with Crippen LogP contribution in [-0.2, 0) is 10.2 Å². The summed E-state index contributed by atoms with van der Waals surface area (Å²) >= 11 is 12.4. The monoisotopic (exact) mass is 572 g/mol. The van der Waals surface area contributed by atoms with E-state index in [-0.39, 0.29) is 42.7 Å². The number of halogens is 4. The van der Waals surface area contributed by atoms with E-state index in [1.54, 1.807) is 12.3 Å². The van der Waals surface area contributed by atoms with Crippen molar-refractivity contribution in [1.29, 1.82) is 0 Å². The van der Waals surface area contributed by atoms with Gasteiger partial charge in [0.2, 0.25) is 5.91 Å². The molecule has 2 amide bonds. The molecule has 1 aromatic carbocycles. The third-order valence-electron chi connectivity index (χ3n) is 7.80. The van der Waals surface area contributed by atoms with Gasteiger partial charge in [-0.15, -0.1) is 24.8 Å². The zero-order chi connectivity index (χ0) is 23.9. The summed E-state index contributed by atoms with van der Waals surface area (Å²) in [5.41, 5.74) is 2.88. The Kier molecular flexibility index (Phi) is 9.56. The molecule has 3 aliphatic rings. The molecule has 1 aliphatic carbocycles. The second-order valence-corrected chi connectivity index (χ2v) is 10.8. The lowest BCUT2D eigenvalue weighted by molar-refractivity contribution is -0.124. The van der Waals surface area contributed by atoms with Crippen LogP contribution in [0.25, 0.3) is 0 Å². The van der Waals surface area contributed by atoms with Crippen molar-refractivity contribution in [2.24, 2.45) is 5.92 Å². The molecule has 36 heavy (non-hydrogen) atoms. The second kappa shape index (κ2) is 11.9. The second-order valence-electron chi connectivity index (χ2n) is 9.89. The van der Waals surface area contributed by atoms with Gasteiger partial charge in [-0.1, -0.05) is 23.2 Å². The molecule has 0 bridgehead atoms. The van der Waals surface area contributed by atoms with Crippen molar-refractivity contribution < 1.29 is 9.59 Å². The number of aromatic nitrogens is 1. The fraction of sp³-hybridized carbons (Fsp3) is 0.500. The summed E-state index contributed by atoms with van der Waals surface area (Å²) < 4.78 is 0. The first kappa shape index (κ1) is 29.0. The highest BCUT2D eigenvalue weighted by atomic mass is 35.5. The van der Waals surface area contributed by atoms with E-state index in [1.165, 1.54) is 0 Å². The van der Waals surface area contributed by atoms with E-state index in [9.17, 15) is 9.59 Å². The van der Waals surface area contributed by atoms with Crippen molar-refractivity contribution in [3.05, 3.63) is 57.3 Å². The molecule has 196 valence electrons. The van der Waals surface area contributed by atoms with Crippen LogP contribution in [0.5, 0.6) is 0 Å². The van der Waals surface area contributed by atoms with Gasteiger partial charge in [0.05, 0.1) is 21.7 Å². The number of carbonyl (C=O) groups excluding carboxylic acids is 2. The predicted molar refractivity (Wildman–Crippen MR) is 149 cm³/mol. The molecule has 2 fully saturated rings. The van der Waals surface area contributed by atoms with Gasteiger partial charge < -0.3 is 15.5 Å². The summed E-state index contributed by atoms with van der Waals surface area (Å²) in [7, 11) is 0. The van der Waals surface area contributed by atoms with Gasteiger partial charge in [-0.2, -0.15) is 0 Å². The number of pyridine rings is 1. The highest BCUT2D eigenvalue weighted by molar-refractivity contribution is 6.31. The van der Waals surface area contributed by atoms with Gasteiger partial charge in [0.25, 0.3) is 5.91 Å². The first-order valence-corrected chi connectivity index (χ1v) is 12.9. The van der Waals surface area contributed by atoms with Crippen LogP contribution >= 0.6 is 48.0 Å². The van der Waals surface area contributed by atoms with E-state index in [1.807, 2.05) is 30.0 Å². The minimum absolute atomic E-state index is 0. The summed E-state index contributed by atoms with van der Waals surface area (Å²) in [6.45, 7) is 4.23. The van der Waals surface area contributed by atoms with Crippen molar-refractivity contribution in [1.82, 2.24) is 15.6 Å². The van der Waals surface area contributed by atoms with Crippen LogP contribution in [0.15, 0.2) is 30.5 Å². The Morgan fingerprint density at radius 1 is 1.11 bits per heavy atom. The average molecular weight is 574 g/mol. The van der Waals surface area contributed by atoms with Crippen LogP contribution < -0.4 is 15.5 Å². The maximum Gasteiger partial charge on any atom is 0.253 e. The van der Waals surface area contributed by atoms with E-state index in [2.05, 4.69) is 15.6 Å². The minimum atomic E-state index is -0.445. The molecule has 2 N–H and O–H groups in total. The Bertz CT molecular complexity index is 1120. The number of aryl methyl sites for hydroxylation is 1. The molecule has 1 saturated carbocycles. The zero-order valence-corrected chi connectivity index (χ0v) is 23.3. The Morgan fingerprint density at radius 2 is 1.81 bits per heavy atom. The van der Waals surface area contributed by atoms with Gasteiger partial charge in [0, 0.05) is 29.5 Å². The van der Waals surface area contributed by atoms with Gasteiger partial charge in [-0.3, -0.25) is 14.6 Å². The summed E-state index contributed by atoms with van der Waals surface area (Å²) in [5.74, 6) is 0.516. The summed E-state index contributed by atoms with van der Waals surface area (Å²) in [6, 6.07) is 7.70. The highest BCUT2D eigenvalue weighted by Crippen LogP contribution is 2.48. The molecule has 1 spiro atoms. The molecule has 1 saturated heterocycles. The SMILES string of the molecule is Cc1ncc(Cl)cc1C(=O)N[C@H]1CC[C@H](CN2C(=O)C3(CCNCC3)c3cc(Cl)ccc32)CC1.Cl.Cl. The molecule has 5 rings (SSSR count). The Hall–Kier alpha value is -1.57. The van der Waals surface area contributed by atoms with E-state index in [0.717, 1.165) is 69.4 Å². The van der Waals surface area contributed by atoms with E-state index in [0.29, 0.717) is 27.2 Å². The molecule has 0 unspecified atom stereocenters. The largest absolute Gasteiger partial charge is 0.349 e. The number of rotatable bonds is 4. The fourth-order valence-electron chi connectivity index (χ4n) is 5.88. The van der Waals surface area contributed by atoms with Crippen molar-refractivity contribution >= 4 is 65.5 Å². The highest BCUT2D eigenvalue weighted by Gasteiger charge is 2.51. The number of fused-ring (bicyclic) bond motifs is 2. The van der Waals surface area contributed by atoms with Gasteiger partial charge in [0.1, 0.15) is 0 Å². The van der Waals surface area contributed by atoms with Crippen LogP contribution in [0.1, 0.15) is 60.1 Å². The first-order chi connectivity index (χ1) is 16.4. The summed E-state index contributed by atoms with van der Waals surface area (Å²) in [4.78, 5) is 32.7. The molecular weight excluding hydrogens is 542 g/mol. The number of piperidine rings is 1.